The Labute approximate surface area is 178 Å². The van der Waals surface area contributed by atoms with E-state index >= 15 is 0 Å². The number of hydrogen-bond acceptors (Lipinski definition) is 4. The molecule has 0 fully saturated rings. The quantitative estimate of drug-likeness (QED) is 0.494. The standard InChI is InChI=1S/C22H19FN4O3S/c1-2-27(17-8-4-3-5-9-17)31(29,30)20-11-7-6-10-18(20)25-22(28)19-15-26-14-16(23)12-13-21(26)24-19/h3-15H,2H2,1H3,(H,25,28). The van der Waals surface area contributed by atoms with Crippen molar-refractivity contribution in [1.82, 2.24) is 9.38 Å². The summed E-state index contributed by atoms with van der Waals surface area (Å²) in [7, 11) is -3.95. The van der Waals surface area contributed by atoms with Crippen molar-refractivity contribution in [3.05, 3.63) is 90.6 Å². The van der Waals surface area contributed by atoms with Crippen molar-refractivity contribution in [1.29, 1.82) is 0 Å². The molecule has 9 heteroatoms. The maximum atomic E-state index is 13.4. The van der Waals surface area contributed by atoms with E-state index in [-0.39, 0.29) is 22.8 Å². The van der Waals surface area contributed by atoms with Gasteiger partial charge in [-0.2, -0.15) is 0 Å². The van der Waals surface area contributed by atoms with Crippen molar-refractivity contribution in [2.45, 2.75) is 11.8 Å². The summed E-state index contributed by atoms with van der Waals surface area (Å²) in [6.45, 7) is 1.95. The molecule has 0 saturated carbocycles. The average molecular weight is 438 g/mol. The van der Waals surface area contributed by atoms with Crippen molar-refractivity contribution in [2.24, 2.45) is 0 Å². The number of carbonyl (C=O) groups excluding carboxylic acids is 1. The first kappa shape index (κ1) is 20.5. The van der Waals surface area contributed by atoms with Gasteiger partial charge in [0, 0.05) is 18.9 Å². The first-order chi connectivity index (χ1) is 14.9. The monoisotopic (exact) mass is 438 g/mol. The lowest BCUT2D eigenvalue weighted by atomic mass is 10.3. The highest BCUT2D eigenvalue weighted by Crippen LogP contribution is 2.28. The maximum absolute atomic E-state index is 13.4. The van der Waals surface area contributed by atoms with E-state index in [1.165, 1.54) is 45.4 Å². The molecule has 2 heterocycles. The molecule has 0 aliphatic heterocycles. The number of amides is 1. The van der Waals surface area contributed by atoms with Gasteiger partial charge in [-0.25, -0.2) is 17.8 Å². The lowest BCUT2D eigenvalue weighted by Crippen LogP contribution is -2.31. The lowest BCUT2D eigenvalue weighted by Gasteiger charge is -2.24. The molecule has 1 N–H and O–H groups in total. The molecule has 0 spiro atoms. The van der Waals surface area contributed by atoms with Gasteiger partial charge < -0.3 is 9.72 Å². The van der Waals surface area contributed by atoms with Crippen LogP contribution in [0.3, 0.4) is 0 Å². The number of carbonyl (C=O) groups is 1. The van der Waals surface area contributed by atoms with Gasteiger partial charge in [0.15, 0.2) is 0 Å². The van der Waals surface area contributed by atoms with Crippen molar-refractivity contribution < 1.29 is 17.6 Å². The van der Waals surface area contributed by atoms with Gasteiger partial charge in [-0.15, -0.1) is 0 Å². The molecule has 0 bridgehead atoms. The van der Waals surface area contributed by atoms with Crippen LogP contribution in [0.5, 0.6) is 0 Å². The summed E-state index contributed by atoms with van der Waals surface area (Å²) in [5.41, 5.74) is 1.08. The molecule has 2 aromatic carbocycles. The third-order valence-corrected chi connectivity index (χ3v) is 6.64. The zero-order chi connectivity index (χ0) is 22.0. The second-order valence-electron chi connectivity index (χ2n) is 6.69. The van der Waals surface area contributed by atoms with Gasteiger partial charge in [0.1, 0.15) is 22.1 Å². The van der Waals surface area contributed by atoms with Crippen LogP contribution in [0.4, 0.5) is 15.8 Å². The van der Waals surface area contributed by atoms with E-state index in [0.29, 0.717) is 11.3 Å². The van der Waals surface area contributed by atoms with E-state index in [0.717, 1.165) is 0 Å². The van der Waals surface area contributed by atoms with E-state index in [1.807, 2.05) is 0 Å². The number of para-hydroxylation sites is 2. The summed E-state index contributed by atoms with van der Waals surface area (Å²) in [5, 5.41) is 2.62. The van der Waals surface area contributed by atoms with Gasteiger partial charge in [-0.3, -0.25) is 9.10 Å². The minimum absolute atomic E-state index is 0.0354. The molecule has 0 aliphatic carbocycles. The Morgan fingerprint density at radius 2 is 1.74 bits per heavy atom. The predicted octanol–water partition coefficient (Wildman–Crippen LogP) is 3.94. The Hall–Kier alpha value is -3.72. The van der Waals surface area contributed by atoms with Crippen LogP contribution in [0.1, 0.15) is 17.4 Å². The van der Waals surface area contributed by atoms with Gasteiger partial charge in [0.05, 0.1) is 11.4 Å². The van der Waals surface area contributed by atoms with Crippen LogP contribution in [-0.4, -0.2) is 30.3 Å². The molecule has 4 aromatic rings. The molecule has 0 radical (unpaired) electrons. The molecule has 0 unspecified atom stereocenters. The molecule has 4 rings (SSSR count). The molecular formula is C22H19FN4O3S. The fourth-order valence-corrected chi connectivity index (χ4v) is 4.88. The summed E-state index contributed by atoms with van der Waals surface area (Å²) in [4.78, 5) is 16.9. The fraction of sp³-hybridized carbons (Fsp3) is 0.0909. The second kappa shape index (κ2) is 8.19. The molecule has 1 amide bonds. The van der Waals surface area contributed by atoms with Crippen molar-refractivity contribution in [3.63, 3.8) is 0 Å². The molecule has 0 saturated heterocycles. The predicted molar refractivity (Wildman–Crippen MR) is 116 cm³/mol. The van der Waals surface area contributed by atoms with E-state index in [2.05, 4.69) is 10.3 Å². The van der Waals surface area contributed by atoms with Crippen LogP contribution < -0.4 is 9.62 Å². The molecule has 0 atom stereocenters. The minimum Gasteiger partial charge on any atom is -0.319 e. The summed E-state index contributed by atoms with van der Waals surface area (Å²) < 4.78 is 42.9. The number of hydrogen-bond donors (Lipinski definition) is 1. The average Bonchev–Trinajstić information content (AvgIpc) is 3.18. The first-order valence-corrected chi connectivity index (χ1v) is 11.0. The van der Waals surface area contributed by atoms with Crippen molar-refractivity contribution in [2.75, 3.05) is 16.2 Å². The number of nitrogens with zero attached hydrogens (tertiary/aromatic N) is 3. The number of imidazole rings is 1. The number of anilines is 2. The molecular weight excluding hydrogens is 419 g/mol. The third-order valence-electron chi connectivity index (χ3n) is 4.68. The van der Waals surface area contributed by atoms with Crippen molar-refractivity contribution in [3.8, 4) is 0 Å². The Bertz CT molecular complexity index is 1350. The van der Waals surface area contributed by atoms with Gasteiger partial charge in [0.2, 0.25) is 0 Å². The SMILES string of the molecule is CCN(c1ccccc1)S(=O)(=O)c1ccccc1NC(=O)c1cn2cc(F)ccc2n1. The second-order valence-corrected chi connectivity index (χ2v) is 8.53. The molecule has 31 heavy (non-hydrogen) atoms. The summed E-state index contributed by atoms with van der Waals surface area (Å²) >= 11 is 0. The smallest absolute Gasteiger partial charge is 0.275 e. The van der Waals surface area contributed by atoms with Crippen LogP contribution in [0, 0.1) is 5.82 Å². The Balaban J connectivity index is 1.68. The normalized spacial score (nSPS) is 11.4. The number of aromatic nitrogens is 2. The maximum Gasteiger partial charge on any atom is 0.275 e. The highest BCUT2D eigenvalue weighted by molar-refractivity contribution is 7.93. The number of benzene rings is 2. The third kappa shape index (κ3) is 3.99. The number of fused-ring (bicyclic) bond motifs is 1. The largest absolute Gasteiger partial charge is 0.319 e. The number of sulfonamides is 1. The van der Waals surface area contributed by atoms with E-state index in [1.54, 1.807) is 49.4 Å². The summed E-state index contributed by atoms with van der Waals surface area (Å²) in [5.74, 6) is -1.07. The molecule has 7 nitrogen and oxygen atoms in total. The fourth-order valence-electron chi connectivity index (χ4n) is 3.26. The number of rotatable bonds is 6. The van der Waals surface area contributed by atoms with E-state index < -0.39 is 21.7 Å². The topological polar surface area (TPSA) is 83.8 Å². The van der Waals surface area contributed by atoms with Gasteiger partial charge >= 0.3 is 0 Å². The Morgan fingerprint density at radius 1 is 1.03 bits per heavy atom. The number of halogens is 1. The van der Waals surface area contributed by atoms with Gasteiger partial charge in [-0.1, -0.05) is 30.3 Å². The zero-order valence-electron chi connectivity index (χ0n) is 16.6. The van der Waals surface area contributed by atoms with Crippen LogP contribution in [0.2, 0.25) is 0 Å². The Kier molecular flexibility index (Phi) is 5.43. The Morgan fingerprint density at radius 3 is 2.48 bits per heavy atom. The van der Waals surface area contributed by atoms with Crippen LogP contribution in [-0.2, 0) is 10.0 Å². The highest BCUT2D eigenvalue weighted by Gasteiger charge is 2.27. The van der Waals surface area contributed by atoms with E-state index in [4.69, 9.17) is 0 Å². The van der Waals surface area contributed by atoms with Crippen molar-refractivity contribution >= 4 is 33.0 Å². The highest BCUT2D eigenvalue weighted by atomic mass is 32.2. The van der Waals surface area contributed by atoms with Crippen LogP contribution in [0.15, 0.2) is 84.0 Å². The number of nitrogens with one attached hydrogen (secondary N) is 1. The zero-order valence-corrected chi connectivity index (χ0v) is 17.4. The van der Waals surface area contributed by atoms with Gasteiger partial charge in [-0.05, 0) is 43.3 Å². The lowest BCUT2D eigenvalue weighted by molar-refractivity contribution is 0.102. The summed E-state index contributed by atoms with van der Waals surface area (Å²) in [6.07, 6.45) is 2.59. The molecule has 2 aromatic heterocycles. The van der Waals surface area contributed by atoms with Crippen LogP contribution >= 0.6 is 0 Å². The molecule has 158 valence electrons. The minimum atomic E-state index is -3.95. The van der Waals surface area contributed by atoms with Crippen LogP contribution in [0.25, 0.3) is 5.65 Å². The number of pyridine rings is 1. The molecule has 0 aliphatic rings. The van der Waals surface area contributed by atoms with E-state index in [9.17, 15) is 17.6 Å². The van der Waals surface area contributed by atoms with Gasteiger partial charge in [0.25, 0.3) is 15.9 Å². The summed E-state index contributed by atoms with van der Waals surface area (Å²) in [6, 6.07) is 17.6. The first-order valence-electron chi connectivity index (χ1n) is 9.52.